The highest BCUT2D eigenvalue weighted by Crippen LogP contribution is 2.33. The van der Waals surface area contributed by atoms with Gasteiger partial charge in [-0.3, -0.25) is 19.9 Å². The van der Waals surface area contributed by atoms with E-state index in [1.807, 2.05) is 0 Å². The summed E-state index contributed by atoms with van der Waals surface area (Å²) in [5, 5.41) is 11.3. The molecule has 0 aliphatic carbocycles. The molecule has 2 N–H and O–H groups in total. The van der Waals surface area contributed by atoms with Gasteiger partial charge in [-0.15, -0.1) is 0 Å². The maximum absolute atomic E-state index is 11.3. The zero-order chi connectivity index (χ0) is 16.9. The van der Waals surface area contributed by atoms with Crippen LogP contribution in [0.1, 0.15) is 0 Å². The number of piperazine rings is 1. The molecule has 2 heterocycles. The quantitative estimate of drug-likeness (QED) is 0.480. The van der Waals surface area contributed by atoms with E-state index in [0.29, 0.717) is 5.69 Å². The number of para-hydroxylation sites is 1. The fourth-order valence-corrected chi connectivity index (χ4v) is 3.32. The number of nitrogens with zero attached hydrogens (tertiary/aromatic N) is 4. The van der Waals surface area contributed by atoms with E-state index in [2.05, 4.69) is 14.7 Å². The summed E-state index contributed by atoms with van der Waals surface area (Å²) in [6.45, 7) is 9.16. The van der Waals surface area contributed by atoms with E-state index < -0.39 is 0 Å². The van der Waals surface area contributed by atoms with Crippen LogP contribution in [0.25, 0.3) is 0 Å². The highest BCUT2D eigenvalue weighted by molar-refractivity contribution is 5.75. The molecule has 2 fully saturated rings. The van der Waals surface area contributed by atoms with E-state index in [-0.39, 0.29) is 16.3 Å². The number of nitrogen functional groups attached to an aromatic ring is 1. The average molecular weight is 335 g/mol. The molecule has 0 radical (unpaired) electrons. The number of nitro benzene ring substituents is 1. The molecule has 2 aliphatic rings. The molecule has 0 unspecified atom stereocenters. The van der Waals surface area contributed by atoms with Gasteiger partial charge >= 0.3 is 5.69 Å². The van der Waals surface area contributed by atoms with Crippen molar-refractivity contribution in [1.29, 1.82) is 0 Å². The summed E-state index contributed by atoms with van der Waals surface area (Å²) in [6, 6.07) is 5.15. The number of ether oxygens (including phenoxy) is 1. The van der Waals surface area contributed by atoms with Crippen molar-refractivity contribution in [2.75, 3.05) is 76.2 Å². The van der Waals surface area contributed by atoms with Crippen LogP contribution in [-0.4, -0.2) is 80.3 Å². The SMILES string of the molecule is Nc1cccc(N2CCN(CCN3CCOCC3)CC2)c1[N+](=O)[O-]. The minimum Gasteiger partial charge on any atom is -0.393 e. The van der Waals surface area contributed by atoms with E-state index in [4.69, 9.17) is 10.5 Å². The van der Waals surface area contributed by atoms with Gasteiger partial charge in [-0.25, -0.2) is 0 Å². The Morgan fingerprint density at radius 1 is 1.04 bits per heavy atom. The fraction of sp³-hybridized carbons (Fsp3) is 0.625. The summed E-state index contributed by atoms with van der Waals surface area (Å²) in [5.41, 5.74) is 6.68. The Morgan fingerprint density at radius 3 is 2.29 bits per heavy atom. The van der Waals surface area contributed by atoms with E-state index in [1.165, 1.54) is 0 Å². The molecular weight excluding hydrogens is 310 g/mol. The third-order valence-electron chi connectivity index (χ3n) is 4.78. The Morgan fingerprint density at radius 2 is 1.67 bits per heavy atom. The van der Waals surface area contributed by atoms with Crippen molar-refractivity contribution < 1.29 is 9.66 Å². The summed E-state index contributed by atoms with van der Waals surface area (Å²) >= 11 is 0. The predicted molar refractivity (Wildman–Crippen MR) is 93.4 cm³/mol. The lowest BCUT2D eigenvalue weighted by molar-refractivity contribution is -0.383. The van der Waals surface area contributed by atoms with Crippen LogP contribution in [0.4, 0.5) is 17.1 Å². The number of anilines is 2. The Balaban J connectivity index is 1.53. The van der Waals surface area contributed by atoms with Crippen molar-refractivity contribution in [3.8, 4) is 0 Å². The van der Waals surface area contributed by atoms with E-state index in [0.717, 1.165) is 65.6 Å². The van der Waals surface area contributed by atoms with Crippen molar-refractivity contribution in [2.45, 2.75) is 0 Å². The Labute approximate surface area is 141 Å². The molecule has 0 spiro atoms. The van der Waals surface area contributed by atoms with E-state index in [1.54, 1.807) is 18.2 Å². The number of benzene rings is 1. The van der Waals surface area contributed by atoms with Crippen LogP contribution in [0.5, 0.6) is 0 Å². The number of nitro groups is 1. The first-order valence-electron chi connectivity index (χ1n) is 8.45. The number of hydrogen-bond acceptors (Lipinski definition) is 7. The van der Waals surface area contributed by atoms with E-state index >= 15 is 0 Å². The summed E-state index contributed by atoms with van der Waals surface area (Å²) in [5.74, 6) is 0. The van der Waals surface area contributed by atoms with Crippen molar-refractivity contribution in [1.82, 2.24) is 9.80 Å². The number of rotatable bonds is 5. The maximum Gasteiger partial charge on any atom is 0.315 e. The molecule has 8 heteroatoms. The van der Waals surface area contributed by atoms with Gasteiger partial charge in [-0.1, -0.05) is 6.07 Å². The molecule has 24 heavy (non-hydrogen) atoms. The average Bonchev–Trinajstić information content (AvgIpc) is 2.61. The standard InChI is InChI=1S/C16H25N5O3/c17-14-2-1-3-15(16(14)21(22)23)20-8-6-18(7-9-20)4-5-19-10-12-24-13-11-19/h1-3H,4-13,17H2. The lowest BCUT2D eigenvalue weighted by Crippen LogP contribution is -2.49. The Bertz CT molecular complexity index is 569. The molecule has 132 valence electrons. The monoisotopic (exact) mass is 335 g/mol. The number of nitrogens with two attached hydrogens (primary N) is 1. The van der Waals surface area contributed by atoms with Crippen LogP contribution in [-0.2, 0) is 4.74 Å². The first-order chi connectivity index (χ1) is 11.6. The van der Waals surface area contributed by atoms with Crippen LogP contribution in [0.15, 0.2) is 18.2 Å². The highest BCUT2D eigenvalue weighted by atomic mass is 16.6. The second-order valence-corrected chi connectivity index (χ2v) is 6.25. The molecule has 1 aromatic rings. The molecule has 0 amide bonds. The smallest absolute Gasteiger partial charge is 0.315 e. The van der Waals surface area contributed by atoms with Crippen LogP contribution < -0.4 is 10.6 Å². The summed E-state index contributed by atoms with van der Waals surface area (Å²) in [6.07, 6.45) is 0. The van der Waals surface area contributed by atoms with E-state index in [9.17, 15) is 10.1 Å². The predicted octanol–water partition coefficient (Wildman–Crippen LogP) is 0.631. The van der Waals surface area contributed by atoms with Gasteiger partial charge in [-0.05, 0) is 12.1 Å². The zero-order valence-corrected chi connectivity index (χ0v) is 13.9. The third-order valence-corrected chi connectivity index (χ3v) is 4.78. The zero-order valence-electron chi connectivity index (χ0n) is 13.9. The van der Waals surface area contributed by atoms with Gasteiger partial charge in [0.1, 0.15) is 11.4 Å². The largest absolute Gasteiger partial charge is 0.393 e. The van der Waals surface area contributed by atoms with Gasteiger partial charge in [0, 0.05) is 52.4 Å². The van der Waals surface area contributed by atoms with Gasteiger partial charge in [-0.2, -0.15) is 0 Å². The van der Waals surface area contributed by atoms with Gasteiger partial charge in [0.15, 0.2) is 0 Å². The first kappa shape index (κ1) is 16.9. The van der Waals surface area contributed by atoms with Crippen LogP contribution in [0.3, 0.4) is 0 Å². The molecule has 0 aromatic heterocycles. The van der Waals surface area contributed by atoms with Crippen molar-refractivity contribution in [2.24, 2.45) is 0 Å². The van der Waals surface area contributed by atoms with Crippen molar-refractivity contribution >= 4 is 17.1 Å². The molecule has 3 rings (SSSR count). The first-order valence-corrected chi connectivity index (χ1v) is 8.45. The van der Waals surface area contributed by atoms with Gasteiger partial charge in [0.2, 0.25) is 0 Å². The third kappa shape index (κ3) is 3.95. The lowest BCUT2D eigenvalue weighted by Gasteiger charge is -2.37. The molecule has 2 aliphatic heterocycles. The number of hydrogen-bond donors (Lipinski definition) is 1. The summed E-state index contributed by atoms with van der Waals surface area (Å²) in [4.78, 5) is 17.8. The summed E-state index contributed by atoms with van der Waals surface area (Å²) < 4.78 is 5.37. The van der Waals surface area contributed by atoms with Crippen molar-refractivity contribution in [3.05, 3.63) is 28.3 Å². The Hall–Kier alpha value is -1.90. The molecule has 0 atom stereocenters. The maximum atomic E-state index is 11.3. The van der Waals surface area contributed by atoms with Crippen LogP contribution in [0.2, 0.25) is 0 Å². The highest BCUT2D eigenvalue weighted by Gasteiger charge is 2.25. The van der Waals surface area contributed by atoms with Gasteiger partial charge in [0.05, 0.1) is 18.1 Å². The molecule has 0 bridgehead atoms. The molecule has 2 saturated heterocycles. The topological polar surface area (TPSA) is 88.1 Å². The molecular formula is C16H25N5O3. The van der Waals surface area contributed by atoms with Crippen molar-refractivity contribution in [3.63, 3.8) is 0 Å². The molecule has 1 aromatic carbocycles. The number of morpholine rings is 1. The minimum atomic E-state index is -0.379. The minimum absolute atomic E-state index is 0.0271. The second-order valence-electron chi connectivity index (χ2n) is 6.25. The lowest BCUT2D eigenvalue weighted by atomic mass is 10.2. The fourth-order valence-electron chi connectivity index (χ4n) is 3.32. The second kappa shape index (κ2) is 7.78. The van der Waals surface area contributed by atoms with Crippen LogP contribution in [0, 0.1) is 10.1 Å². The van der Waals surface area contributed by atoms with Crippen LogP contribution >= 0.6 is 0 Å². The normalized spacial score (nSPS) is 20.2. The van der Waals surface area contributed by atoms with Gasteiger partial charge < -0.3 is 15.4 Å². The van der Waals surface area contributed by atoms with Gasteiger partial charge in [0.25, 0.3) is 0 Å². The summed E-state index contributed by atoms with van der Waals surface area (Å²) in [7, 11) is 0. The molecule has 0 saturated carbocycles. The Kier molecular flexibility index (Phi) is 5.49. The molecule has 8 nitrogen and oxygen atoms in total.